The number of carbonyl (C=O) groups excluding carboxylic acids is 1. The van der Waals surface area contributed by atoms with Gasteiger partial charge >= 0.3 is 5.97 Å². The Morgan fingerprint density at radius 3 is 2.30 bits per heavy atom. The molecule has 0 spiro atoms. The van der Waals surface area contributed by atoms with E-state index in [0.29, 0.717) is 0 Å². The fourth-order valence-electron chi connectivity index (χ4n) is 3.37. The van der Waals surface area contributed by atoms with E-state index >= 15 is 0 Å². The number of carboxylic acids is 1. The number of carbonyl (C=O) groups is 2. The van der Waals surface area contributed by atoms with Crippen molar-refractivity contribution in [2.75, 3.05) is 6.54 Å². The number of hydrogen-bond donors (Lipinski definition) is 3. The van der Waals surface area contributed by atoms with Crippen molar-refractivity contribution >= 4 is 11.9 Å². The fourth-order valence-corrected chi connectivity index (χ4v) is 3.37. The molecule has 1 rings (SSSR count). The molecule has 7 heteroatoms. The van der Waals surface area contributed by atoms with Crippen molar-refractivity contribution in [3.05, 3.63) is 11.8 Å². The molecule has 0 aromatic carbocycles. The normalized spacial score (nSPS) is 20.7. The summed E-state index contributed by atoms with van der Waals surface area (Å²) in [6.07, 6.45) is 2.90. The third kappa shape index (κ3) is 4.96. The van der Waals surface area contributed by atoms with Gasteiger partial charge in [-0.15, -0.1) is 0 Å². The van der Waals surface area contributed by atoms with Crippen LogP contribution in [0.15, 0.2) is 11.8 Å². The minimum absolute atomic E-state index is 0.00908. The molecule has 0 unspecified atom stereocenters. The predicted octanol–water partition coefficient (Wildman–Crippen LogP) is 0.965. The number of likely N-dealkylation sites (tertiary alicyclic amines) is 1. The smallest absolute Gasteiger partial charge is 0.305 e. The summed E-state index contributed by atoms with van der Waals surface area (Å²) >= 11 is 0. The number of rotatable bonds is 5. The molecule has 4 N–H and O–H groups in total. The van der Waals surface area contributed by atoms with Crippen molar-refractivity contribution < 1.29 is 14.7 Å². The molecule has 0 bridgehead atoms. The third-order valence-electron chi connectivity index (χ3n) is 4.08. The van der Waals surface area contributed by atoms with E-state index in [0.717, 1.165) is 12.8 Å². The Balaban J connectivity index is 2.97. The Hall–Kier alpha value is -2.07. The first-order valence-electron chi connectivity index (χ1n) is 7.66. The fraction of sp³-hybridized carbons (Fsp3) is 0.688. The zero-order valence-corrected chi connectivity index (χ0v) is 14.2. The lowest BCUT2D eigenvalue weighted by molar-refractivity contribution is -0.136. The molecule has 1 saturated heterocycles. The Morgan fingerprint density at radius 1 is 1.35 bits per heavy atom. The number of hydrogen-bond acceptors (Lipinski definition) is 5. The lowest BCUT2D eigenvalue weighted by Crippen LogP contribution is -2.61. The van der Waals surface area contributed by atoms with E-state index in [-0.39, 0.29) is 35.7 Å². The van der Waals surface area contributed by atoms with Gasteiger partial charge in [0, 0.05) is 29.9 Å². The second-order valence-electron chi connectivity index (χ2n) is 7.22. The first-order chi connectivity index (χ1) is 10.5. The predicted molar refractivity (Wildman–Crippen MR) is 86.2 cm³/mol. The van der Waals surface area contributed by atoms with Crippen LogP contribution >= 0.6 is 0 Å². The highest BCUT2D eigenvalue weighted by Gasteiger charge is 2.43. The standard InChI is InChI=1S/C16H26N4O3/c1-15(2)7-12(18)8-16(3,4)20(15)10-11(9-17)14(23)19-6-5-13(21)22/h10,12H,5-8,18H2,1-4H3,(H,19,23)(H,21,22)/b11-10-. The van der Waals surface area contributed by atoms with E-state index in [1.807, 2.05) is 38.7 Å². The van der Waals surface area contributed by atoms with Crippen LogP contribution in [0, 0.1) is 11.3 Å². The lowest BCUT2D eigenvalue weighted by Gasteiger charge is -2.54. The third-order valence-corrected chi connectivity index (χ3v) is 4.08. The van der Waals surface area contributed by atoms with Gasteiger partial charge in [0.05, 0.1) is 6.42 Å². The van der Waals surface area contributed by atoms with Gasteiger partial charge in [-0.3, -0.25) is 9.59 Å². The van der Waals surface area contributed by atoms with Crippen LogP contribution in [0.25, 0.3) is 0 Å². The largest absolute Gasteiger partial charge is 0.481 e. The summed E-state index contributed by atoms with van der Waals surface area (Å²) in [5.41, 5.74) is 5.51. The van der Waals surface area contributed by atoms with Crippen molar-refractivity contribution in [2.45, 2.75) is 64.1 Å². The molecule has 1 heterocycles. The van der Waals surface area contributed by atoms with Gasteiger partial charge in [0.1, 0.15) is 11.6 Å². The summed E-state index contributed by atoms with van der Waals surface area (Å²) in [7, 11) is 0. The maximum Gasteiger partial charge on any atom is 0.305 e. The second kappa shape index (κ2) is 7.01. The molecular weight excluding hydrogens is 296 g/mol. The number of carboxylic acid groups (broad SMARTS) is 1. The van der Waals surface area contributed by atoms with Gasteiger partial charge in [0.2, 0.25) is 0 Å². The second-order valence-corrected chi connectivity index (χ2v) is 7.22. The summed E-state index contributed by atoms with van der Waals surface area (Å²) < 4.78 is 0. The molecule has 0 aromatic rings. The van der Waals surface area contributed by atoms with Crippen LogP contribution in [0.4, 0.5) is 0 Å². The monoisotopic (exact) mass is 322 g/mol. The molecule has 0 aliphatic carbocycles. The minimum atomic E-state index is -1.000. The molecule has 0 atom stereocenters. The molecule has 0 aromatic heterocycles. The summed E-state index contributed by atoms with van der Waals surface area (Å²) in [6.45, 7) is 8.11. The average Bonchev–Trinajstić information content (AvgIpc) is 2.35. The van der Waals surface area contributed by atoms with E-state index < -0.39 is 11.9 Å². The number of nitriles is 1. The molecule has 1 amide bonds. The molecular formula is C16H26N4O3. The van der Waals surface area contributed by atoms with Crippen LogP contribution in [0.3, 0.4) is 0 Å². The number of amides is 1. The summed E-state index contributed by atoms with van der Waals surface area (Å²) in [5, 5.41) is 20.3. The van der Waals surface area contributed by atoms with Crippen molar-refractivity contribution in [3.8, 4) is 6.07 Å². The number of nitrogens with two attached hydrogens (primary N) is 1. The maximum absolute atomic E-state index is 12.1. The van der Waals surface area contributed by atoms with Crippen molar-refractivity contribution in [3.63, 3.8) is 0 Å². The quantitative estimate of drug-likeness (QED) is 0.512. The van der Waals surface area contributed by atoms with Gasteiger partial charge < -0.3 is 21.1 Å². The molecule has 1 aliphatic heterocycles. The molecule has 7 nitrogen and oxygen atoms in total. The molecule has 23 heavy (non-hydrogen) atoms. The Morgan fingerprint density at radius 2 is 1.87 bits per heavy atom. The van der Waals surface area contributed by atoms with E-state index in [2.05, 4.69) is 5.32 Å². The van der Waals surface area contributed by atoms with E-state index in [9.17, 15) is 14.9 Å². The van der Waals surface area contributed by atoms with Gasteiger partial charge in [0.15, 0.2) is 0 Å². The van der Waals surface area contributed by atoms with Crippen LogP contribution in [-0.4, -0.2) is 45.5 Å². The van der Waals surface area contributed by atoms with Crippen molar-refractivity contribution in [1.82, 2.24) is 10.2 Å². The summed E-state index contributed by atoms with van der Waals surface area (Å²) in [6, 6.07) is 1.97. The molecule has 1 fully saturated rings. The van der Waals surface area contributed by atoms with Gasteiger partial charge in [-0.25, -0.2) is 0 Å². The Labute approximate surface area is 137 Å². The maximum atomic E-state index is 12.1. The first kappa shape index (κ1) is 19.0. The SMILES string of the molecule is CC1(C)CC(N)CC(C)(C)N1/C=C(/C#N)C(=O)NCCC(=O)O. The van der Waals surface area contributed by atoms with Crippen LogP contribution in [0.5, 0.6) is 0 Å². The van der Waals surface area contributed by atoms with E-state index in [4.69, 9.17) is 10.8 Å². The van der Waals surface area contributed by atoms with Crippen molar-refractivity contribution in [2.24, 2.45) is 5.73 Å². The number of nitrogens with one attached hydrogen (secondary N) is 1. The molecule has 0 saturated carbocycles. The lowest BCUT2D eigenvalue weighted by atomic mass is 9.77. The highest BCUT2D eigenvalue weighted by molar-refractivity contribution is 5.97. The number of aliphatic carboxylic acids is 1. The van der Waals surface area contributed by atoms with E-state index in [1.165, 1.54) is 0 Å². The summed E-state index contributed by atoms with van der Waals surface area (Å²) in [5.74, 6) is -1.56. The minimum Gasteiger partial charge on any atom is -0.481 e. The van der Waals surface area contributed by atoms with Gasteiger partial charge in [-0.1, -0.05) is 0 Å². The molecule has 128 valence electrons. The Kier molecular flexibility index (Phi) is 5.78. The summed E-state index contributed by atoms with van der Waals surface area (Å²) in [4.78, 5) is 24.6. The van der Waals surface area contributed by atoms with Crippen LogP contribution < -0.4 is 11.1 Å². The van der Waals surface area contributed by atoms with E-state index in [1.54, 1.807) is 6.20 Å². The molecule has 1 aliphatic rings. The van der Waals surface area contributed by atoms with Gasteiger partial charge in [0.25, 0.3) is 5.91 Å². The van der Waals surface area contributed by atoms with Gasteiger partial charge in [-0.2, -0.15) is 5.26 Å². The first-order valence-corrected chi connectivity index (χ1v) is 7.66. The van der Waals surface area contributed by atoms with Crippen molar-refractivity contribution in [1.29, 1.82) is 5.26 Å². The highest BCUT2D eigenvalue weighted by atomic mass is 16.4. The van der Waals surface area contributed by atoms with Crippen LogP contribution in [0.1, 0.15) is 47.0 Å². The van der Waals surface area contributed by atoms with Crippen LogP contribution in [-0.2, 0) is 9.59 Å². The van der Waals surface area contributed by atoms with Crippen LogP contribution in [0.2, 0.25) is 0 Å². The van der Waals surface area contributed by atoms with Gasteiger partial charge in [-0.05, 0) is 40.5 Å². The number of piperidine rings is 1. The topological polar surface area (TPSA) is 119 Å². The average molecular weight is 322 g/mol. The molecule has 0 radical (unpaired) electrons. The highest BCUT2D eigenvalue weighted by Crippen LogP contribution is 2.38. The Bertz CT molecular complexity index is 528. The zero-order valence-electron chi connectivity index (χ0n) is 14.2. The zero-order chi connectivity index (χ0) is 17.8. The number of nitrogens with zero attached hydrogens (tertiary/aromatic N) is 2.